The molecule has 0 spiro atoms. The Hall–Kier alpha value is -0.710. The van der Waals surface area contributed by atoms with Crippen molar-refractivity contribution >= 4 is 35.3 Å². The number of aromatic hydroxyl groups is 1. The number of hydrogen-bond acceptors (Lipinski definition) is 4. The van der Waals surface area contributed by atoms with Gasteiger partial charge in [0, 0.05) is 45.6 Å². The maximum atomic E-state index is 10.5. The molecule has 120 valence electrons. The molecule has 0 aliphatic carbocycles. The van der Waals surface area contributed by atoms with E-state index in [1.165, 1.54) is 5.56 Å². The molecule has 0 aromatic heterocycles. The van der Waals surface area contributed by atoms with Crippen LogP contribution in [0.3, 0.4) is 0 Å². The summed E-state index contributed by atoms with van der Waals surface area (Å²) in [5.74, 6) is 5.77. The molecule has 0 unspecified atom stereocenters. The predicted molar refractivity (Wildman–Crippen MR) is 107 cm³/mol. The largest absolute Gasteiger partial charge is 0.507 e. The SMILES string of the molecule is C=CCSCc1cc(CSCC=C)c(O)c(CSCC=C)c1. The molecular weight excluding hydrogens is 328 g/mol. The van der Waals surface area contributed by atoms with Crippen molar-refractivity contribution in [2.75, 3.05) is 17.3 Å². The average Bonchev–Trinajstić information content (AvgIpc) is 2.52. The van der Waals surface area contributed by atoms with E-state index in [1.807, 2.05) is 30.0 Å². The first kappa shape index (κ1) is 19.3. The molecule has 0 radical (unpaired) electrons. The zero-order chi connectivity index (χ0) is 16.2. The number of thioether (sulfide) groups is 3. The monoisotopic (exact) mass is 352 g/mol. The van der Waals surface area contributed by atoms with E-state index in [9.17, 15) is 5.11 Å². The van der Waals surface area contributed by atoms with Gasteiger partial charge < -0.3 is 5.11 Å². The summed E-state index contributed by atoms with van der Waals surface area (Å²) in [7, 11) is 0. The first-order valence-corrected chi connectivity index (χ1v) is 10.6. The van der Waals surface area contributed by atoms with Crippen molar-refractivity contribution in [3.63, 3.8) is 0 Å². The number of hydrogen-bond donors (Lipinski definition) is 1. The van der Waals surface area contributed by atoms with Crippen molar-refractivity contribution < 1.29 is 5.11 Å². The number of rotatable bonds is 12. The Morgan fingerprint density at radius 1 is 0.773 bits per heavy atom. The molecule has 0 saturated carbocycles. The van der Waals surface area contributed by atoms with E-state index in [0.29, 0.717) is 5.75 Å². The van der Waals surface area contributed by atoms with Crippen LogP contribution >= 0.6 is 35.3 Å². The molecule has 0 saturated heterocycles. The first-order valence-electron chi connectivity index (χ1n) is 7.12. The van der Waals surface area contributed by atoms with Gasteiger partial charge in [0.05, 0.1) is 0 Å². The van der Waals surface area contributed by atoms with Crippen molar-refractivity contribution in [3.8, 4) is 5.75 Å². The summed E-state index contributed by atoms with van der Waals surface area (Å²) < 4.78 is 0. The van der Waals surface area contributed by atoms with Crippen LogP contribution in [-0.2, 0) is 17.3 Å². The number of phenolic OH excluding ortho intramolecular Hbond substituents is 1. The summed E-state index contributed by atoms with van der Waals surface area (Å²) in [6.07, 6.45) is 5.71. The van der Waals surface area contributed by atoms with Gasteiger partial charge in [-0.1, -0.05) is 30.4 Å². The molecule has 4 heteroatoms. The van der Waals surface area contributed by atoms with Gasteiger partial charge in [-0.25, -0.2) is 0 Å². The Morgan fingerprint density at radius 3 is 1.59 bits per heavy atom. The highest BCUT2D eigenvalue weighted by Crippen LogP contribution is 2.32. The minimum atomic E-state index is 0.450. The Balaban J connectivity index is 2.87. The highest BCUT2D eigenvalue weighted by molar-refractivity contribution is 7.99. The molecule has 1 aromatic carbocycles. The summed E-state index contributed by atoms with van der Waals surface area (Å²) >= 11 is 5.38. The van der Waals surface area contributed by atoms with Crippen molar-refractivity contribution in [1.82, 2.24) is 0 Å². The van der Waals surface area contributed by atoms with E-state index in [1.54, 1.807) is 23.5 Å². The van der Waals surface area contributed by atoms with Crippen LogP contribution in [0, 0.1) is 0 Å². The zero-order valence-corrected chi connectivity index (χ0v) is 15.4. The molecule has 0 heterocycles. The summed E-state index contributed by atoms with van der Waals surface area (Å²) in [5, 5.41) is 10.5. The predicted octanol–water partition coefficient (Wildman–Crippen LogP) is 5.65. The lowest BCUT2D eigenvalue weighted by molar-refractivity contribution is 0.465. The number of phenols is 1. The molecule has 0 aliphatic rings. The molecule has 1 nitrogen and oxygen atoms in total. The van der Waals surface area contributed by atoms with Gasteiger partial charge in [-0.2, -0.15) is 35.3 Å². The second-order valence-electron chi connectivity index (χ2n) is 4.67. The summed E-state index contributed by atoms with van der Waals surface area (Å²) in [5.41, 5.74) is 3.32. The maximum Gasteiger partial charge on any atom is 0.123 e. The molecule has 0 fully saturated rings. The Kier molecular flexibility index (Phi) is 10.4. The molecule has 1 rings (SSSR count). The van der Waals surface area contributed by atoms with Crippen LogP contribution in [0.2, 0.25) is 0 Å². The minimum Gasteiger partial charge on any atom is -0.507 e. The van der Waals surface area contributed by atoms with E-state index in [0.717, 1.165) is 45.6 Å². The van der Waals surface area contributed by atoms with Crippen LogP contribution in [0.5, 0.6) is 5.75 Å². The fraction of sp³-hybridized carbons (Fsp3) is 0.333. The summed E-state index contributed by atoms with van der Waals surface area (Å²) in [6, 6.07) is 4.26. The normalized spacial score (nSPS) is 10.4. The van der Waals surface area contributed by atoms with Crippen LogP contribution in [0.15, 0.2) is 50.1 Å². The second-order valence-corrected chi connectivity index (χ2v) is 7.76. The van der Waals surface area contributed by atoms with E-state index < -0.39 is 0 Å². The zero-order valence-electron chi connectivity index (χ0n) is 12.9. The van der Waals surface area contributed by atoms with Gasteiger partial charge in [-0.3, -0.25) is 0 Å². The quantitative estimate of drug-likeness (QED) is 0.387. The van der Waals surface area contributed by atoms with E-state index in [2.05, 4.69) is 31.9 Å². The molecule has 1 aromatic rings. The van der Waals surface area contributed by atoms with E-state index in [4.69, 9.17) is 0 Å². The Labute approximate surface area is 147 Å². The summed E-state index contributed by atoms with van der Waals surface area (Å²) in [4.78, 5) is 0. The highest BCUT2D eigenvalue weighted by Gasteiger charge is 2.10. The Bertz CT molecular complexity index is 462. The van der Waals surface area contributed by atoms with Gasteiger partial charge in [0.2, 0.25) is 0 Å². The Morgan fingerprint density at radius 2 is 1.18 bits per heavy atom. The number of benzene rings is 1. The smallest absolute Gasteiger partial charge is 0.123 e. The van der Waals surface area contributed by atoms with Gasteiger partial charge in [0.15, 0.2) is 0 Å². The van der Waals surface area contributed by atoms with Gasteiger partial charge in [0.1, 0.15) is 5.75 Å². The van der Waals surface area contributed by atoms with Gasteiger partial charge in [0.25, 0.3) is 0 Å². The first-order chi connectivity index (χ1) is 10.7. The van der Waals surface area contributed by atoms with Crippen LogP contribution in [-0.4, -0.2) is 22.4 Å². The van der Waals surface area contributed by atoms with Crippen LogP contribution in [0.4, 0.5) is 0 Å². The van der Waals surface area contributed by atoms with Crippen LogP contribution < -0.4 is 0 Å². The molecular formula is C18H24OS3. The minimum absolute atomic E-state index is 0.450. The average molecular weight is 353 g/mol. The standard InChI is InChI=1S/C18H24OS3/c1-4-7-20-12-15-10-16(13-21-8-5-2)18(19)17(11-15)14-22-9-6-3/h4-6,10-11,19H,1-3,7-9,12-14H2. The molecule has 0 bridgehead atoms. The molecule has 1 N–H and O–H groups in total. The van der Waals surface area contributed by atoms with Crippen molar-refractivity contribution in [1.29, 1.82) is 0 Å². The van der Waals surface area contributed by atoms with E-state index >= 15 is 0 Å². The van der Waals surface area contributed by atoms with E-state index in [-0.39, 0.29) is 0 Å². The molecule has 0 amide bonds. The lowest BCUT2D eigenvalue weighted by atomic mass is 10.1. The third-order valence-electron chi connectivity index (χ3n) is 2.82. The second kappa shape index (κ2) is 11.8. The maximum absolute atomic E-state index is 10.5. The van der Waals surface area contributed by atoms with Crippen LogP contribution in [0.1, 0.15) is 16.7 Å². The highest BCUT2D eigenvalue weighted by atomic mass is 32.2. The van der Waals surface area contributed by atoms with Crippen molar-refractivity contribution in [2.24, 2.45) is 0 Å². The molecule has 0 atom stereocenters. The lowest BCUT2D eigenvalue weighted by Gasteiger charge is -2.13. The van der Waals surface area contributed by atoms with Gasteiger partial charge in [-0.15, -0.1) is 19.7 Å². The van der Waals surface area contributed by atoms with Crippen LogP contribution in [0.25, 0.3) is 0 Å². The fourth-order valence-corrected chi connectivity index (χ4v) is 4.04. The van der Waals surface area contributed by atoms with Gasteiger partial charge in [-0.05, 0) is 5.56 Å². The third-order valence-corrected chi connectivity index (χ3v) is 5.80. The molecule has 22 heavy (non-hydrogen) atoms. The summed E-state index contributed by atoms with van der Waals surface area (Å²) in [6.45, 7) is 11.2. The van der Waals surface area contributed by atoms with Crippen molar-refractivity contribution in [2.45, 2.75) is 17.3 Å². The topological polar surface area (TPSA) is 20.2 Å². The lowest BCUT2D eigenvalue weighted by Crippen LogP contribution is -1.94. The van der Waals surface area contributed by atoms with Crippen molar-refractivity contribution in [3.05, 3.63) is 66.8 Å². The van der Waals surface area contributed by atoms with Gasteiger partial charge >= 0.3 is 0 Å². The third kappa shape index (κ3) is 7.03. The fourth-order valence-electron chi connectivity index (χ4n) is 1.90. The molecule has 0 aliphatic heterocycles.